The van der Waals surface area contributed by atoms with Crippen molar-refractivity contribution in [1.82, 2.24) is 14.3 Å². The molecule has 0 unspecified atom stereocenters. The zero-order valence-corrected chi connectivity index (χ0v) is 24.7. The van der Waals surface area contributed by atoms with Crippen LogP contribution in [0.2, 0.25) is 0 Å². The van der Waals surface area contributed by atoms with Crippen molar-refractivity contribution in [3.05, 3.63) is 83.9 Å². The lowest BCUT2D eigenvalue weighted by molar-refractivity contribution is -0.139. The van der Waals surface area contributed by atoms with E-state index in [1.54, 1.807) is 56.4 Å². The first-order chi connectivity index (χ1) is 20.2. The summed E-state index contributed by atoms with van der Waals surface area (Å²) in [7, 11) is 1.30. The van der Waals surface area contributed by atoms with Gasteiger partial charge in [-0.25, -0.2) is 9.18 Å². The zero-order valence-electron chi connectivity index (χ0n) is 24.7. The number of methoxy groups -OCH3 is 1. The lowest BCUT2D eigenvalue weighted by atomic mass is 9.84. The number of benzene rings is 3. The van der Waals surface area contributed by atoms with E-state index in [9.17, 15) is 22.8 Å². The van der Waals surface area contributed by atoms with Gasteiger partial charge in [0, 0.05) is 38.5 Å². The summed E-state index contributed by atoms with van der Waals surface area (Å²) in [6, 6.07) is 16.4. The van der Waals surface area contributed by atoms with Crippen LogP contribution < -0.4 is 0 Å². The monoisotopic (exact) mass is 591 g/mol. The summed E-state index contributed by atoms with van der Waals surface area (Å²) in [5, 5.41) is 5.78. The predicted octanol–water partition coefficient (Wildman–Crippen LogP) is 7.78. The van der Waals surface area contributed by atoms with Crippen LogP contribution in [0.25, 0.3) is 38.6 Å². The third kappa shape index (κ3) is 5.54. The van der Waals surface area contributed by atoms with Crippen LogP contribution in [0, 0.1) is 11.2 Å². The van der Waals surface area contributed by atoms with Crippen molar-refractivity contribution in [2.45, 2.75) is 46.6 Å². The van der Waals surface area contributed by atoms with E-state index in [-0.39, 0.29) is 12.5 Å². The molecule has 5 rings (SSSR count). The van der Waals surface area contributed by atoms with Gasteiger partial charge in [0.1, 0.15) is 5.82 Å². The number of ether oxygens (including phenoxy) is 2. The van der Waals surface area contributed by atoms with Gasteiger partial charge in [-0.2, -0.15) is 18.6 Å². The van der Waals surface area contributed by atoms with E-state index >= 15 is 0 Å². The van der Waals surface area contributed by atoms with E-state index in [0.29, 0.717) is 49.9 Å². The Kier molecular flexibility index (Phi) is 7.68. The van der Waals surface area contributed by atoms with Gasteiger partial charge in [0.15, 0.2) is 0 Å². The molecular weight excluding hydrogens is 559 g/mol. The topological polar surface area (TPSA) is 75.3 Å². The highest BCUT2D eigenvalue weighted by Gasteiger charge is 2.34. The van der Waals surface area contributed by atoms with Crippen molar-refractivity contribution in [1.29, 1.82) is 0 Å². The van der Waals surface area contributed by atoms with Crippen LogP contribution in [0.1, 0.15) is 55.5 Å². The largest absolute Gasteiger partial charge is 0.465 e. The number of hydrogen-bond acceptors (Lipinski definition) is 5. The van der Waals surface area contributed by atoms with Gasteiger partial charge in [0.05, 0.1) is 36.5 Å². The normalized spacial score (nSPS) is 12.4. The number of rotatable bonds is 7. The van der Waals surface area contributed by atoms with Gasteiger partial charge in [-0.3, -0.25) is 4.79 Å². The van der Waals surface area contributed by atoms with Crippen molar-refractivity contribution in [3.8, 4) is 16.8 Å². The van der Waals surface area contributed by atoms with Crippen molar-refractivity contribution in [2.75, 3.05) is 13.7 Å². The molecule has 0 N–H and O–H groups in total. The molecule has 224 valence electrons. The number of carbonyl (C=O) groups is 2. The van der Waals surface area contributed by atoms with Gasteiger partial charge in [0.25, 0.3) is 5.91 Å². The highest BCUT2D eigenvalue weighted by Crippen LogP contribution is 2.44. The summed E-state index contributed by atoms with van der Waals surface area (Å²) < 4.78 is 53.7. The van der Waals surface area contributed by atoms with Gasteiger partial charge >= 0.3 is 12.6 Å². The molecule has 2 heterocycles. The standard InChI is InChI=1S/C33H32F3N3O4/c1-32(2,3)30(41)39-25-16-24-26(15-21(25)17-37-39)38(23-13-11-22(34)12-14-23)28(33(4,5)18-43-31(35)36)27(24)19-7-9-20(10-8-19)29(40)42-6/h7-17,31H,18H2,1-6H3. The third-order valence-electron chi connectivity index (χ3n) is 7.38. The fourth-order valence-corrected chi connectivity index (χ4v) is 5.31. The second-order valence-corrected chi connectivity index (χ2v) is 12.1. The van der Waals surface area contributed by atoms with E-state index in [0.717, 1.165) is 0 Å². The first kappa shape index (κ1) is 30.0. The Morgan fingerprint density at radius 3 is 2.16 bits per heavy atom. The number of nitrogens with zero attached hydrogens (tertiary/aromatic N) is 3. The van der Waals surface area contributed by atoms with Gasteiger partial charge in [-0.15, -0.1) is 0 Å². The van der Waals surface area contributed by atoms with E-state index in [2.05, 4.69) is 5.10 Å². The smallest absolute Gasteiger partial charge is 0.345 e. The lowest BCUT2D eigenvalue weighted by Crippen LogP contribution is -2.29. The molecular formula is C33H32F3N3O4. The van der Waals surface area contributed by atoms with Crippen LogP contribution in [0.5, 0.6) is 0 Å². The maximum absolute atomic E-state index is 14.1. The average molecular weight is 592 g/mol. The molecule has 3 aromatic carbocycles. The third-order valence-corrected chi connectivity index (χ3v) is 7.38. The molecule has 7 nitrogen and oxygen atoms in total. The van der Waals surface area contributed by atoms with Gasteiger partial charge in [-0.05, 0) is 54.1 Å². The van der Waals surface area contributed by atoms with E-state index in [1.807, 2.05) is 37.5 Å². The fourth-order valence-electron chi connectivity index (χ4n) is 5.31. The number of esters is 1. The highest BCUT2D eigenvalue weighted by atomic mass is 19.3. The van der Waals surface area contributed by atoms with Crippen LogP contribution in [0.4, 0.5) is 13.2 Å². The maximum atomic E-state index is 14.1. The van der Waals surface area contributed by atoms with Crippen molar-refractivity contribution in [2.24, 2.45) is 5.41 Å². The van der Waals surface area contributed by atoms with Crippen LogP contribution in [-0.4, -0.2) is 46.6 Å². The average Bonchev–Trinajstić information content (AvgIpc) is 3.53. The molecule has 5 aromatic rings. The molecule has 0 saturated heterocycles. The Morgan fingerprint density at radius 2 is 1.58 bits per heavy atom. The first-order valence-corrected chi connectivity index (χ1v) is 13.7. The summed E-state index contributed by atoms with van der Waals surface area (Å²) in [5.41, 5.74) is 2.48. The summed E-state index contributed by atoms with van der Waals surface area (Å²) in [4.78, 5) is 25.5. The SMILES string of the molecule is COC(=O)c1ccc(-c2c(C(C)(C)COC(F)F)n(-c3ccc(F)cc3)c3cc4cnn(C(=O)C(C)(C)C)c4cc23)cc1. The molecule has 43 heavy (non-hydrogen) atoms. The molecule has 0 aliphatic carbocycles. The number of carbonyl (C=O) groups excluding carboxylic acids is 2. The number of alkyl halides is 2. The Labute approximate surface area is 246 Å². The van der Waals surface area contributed by atoms with Crippen molar-refractivity contribution >= 4 is 33.7 Å². The van der Waals surface area contributed by atoms with E-state index in [1.165, 1.54) is 23.9 Å². The highest BCUT2D eigenvalue weighted by molar-refractivity contribution is 6.08. The van der Waals surface area contributed by atoms with Crippen LogP contribution in [0.15, 0.2) is 66.9 Å². The quantitative estimate of drug-likeness (QED) is 0.181. The van der Waals surface area contributed by atoms with E-state index < -0.39 is 29.2 Å². The molecule has 0 amide bonds. The Balaban J connectivity index is 1.91. The molecule has 0 aliphatic rings. The van der Waals surface area contributed by atoms with Crippen LogP contribution >= 0.6 is 0 Å². The van der Waals surface area contributed by atoms with Crippen LogP contribution in [-0.2, 0) is 14.9 Å². The fraction of sp³-hybridized carbons (Fsp3) is 0.303. The minimum absolute atomic E-state index is 0.199. The first-order valence-electron chi connectivity index (χ1n) is 13.7. The number of halogens is 3. The Bertz CT molecular complexity index is 1830. The second-order valence-electron chi connectivity index (χ2n) is 12.1. The van der Waals surface area contributed by atoms with Gasteiger partial charge < -0.3 is 14.0 Å². The minimum Gasteiger partial charge on any atom is -0.465 e. The lowest BCUT2D eigenvalue weighted by Gasteiger charge is -2.28. The molecule has 0 fully saturated rings. The molecule has 0 saturated carbocycles. The molecule has 2 aromatic heterocycles. The minimum atomic E-state index is -2.98. The second kappa shape index (κ2) is 11.0. The number of hydrogen-bond donors (Lipinski definition) is 0. The molecule has 10 heteroatoms. The van der Waals surface area contributed by atoms with Crippen molar-refractivity contribution in [3.63, 3.8) is 0 Å². The Hall–Kier alpha value is -4.44. The van der Waals surface area contributed by atoms with E-state index in [4.69, 9.17) is 9.47 Å². The molecule has 0 spiro atoms. The van der Waals surface area contributed by atoms with Gasteiger partial charge in [0.2, 0.25) is 0 Å². The summed E-state index contributed by atoms with van der Waals surface area (Å²) in [6.45, 7) is 5.70. The van der Waals surface area contributed by atoms with Crippen molar-refractivity contribution < 1.29 is 32.2 Å². The summed E-state index contributed by atoms with van der Waals surface area (Å²) >= 11 is 0. The number of aromatic nitrogens is 3. The predicted molar refractivity (Wildman–Crippen MR) is 158 cm³/mol. The molecule has 0 atom stereocenters. The summed E-state index contributed by atoms with van der Waals surface area (Å²) in [6.07, 6.45) is 1.61. The van der Waals surface area contributed by atoms with Crippen LogP contribution in [0.3, 0.4) is 0 Å². The molecule has 0 radical (unpaired) electrons. The summed E-state index contributed by atoms with van der Waals surface area (Å²) in [5.74, 6) is -1.13. The molecule has 0 aliphatic heterocycles. The molecule has 0 bridgehead atoms. The Morgan fingerprint density at radius 1 is 0.930 bits per heavy atom. The maximum Gasteiger partial charge on any atom is 0.345 e. The number of fused-ring (bicyclic) bond motifs is 2. The van der Waals surface area contributed by atoms with Gasteiger partial charge in [-0.1, -0.05) is 46.8 Å². The zero-order chi connectivity index (χ0) is 31.3.